The van der Waals surface area contributed by atoms with Crippen LogP contribution in [-0.2, 0) is 6.42 Å². The summed E-state index contributed by atoms with van der Waals surface area (Å²) in [5.74, 6) is 0.488. The van der Waals surface area contributed by atoms with Crippen molar-refractivity contribution in [2.24, 2.45) is 5.73 Å². The molecular formula is C12H18FNO. The minimum atomic E-state index is -0.368. The van der Waals surface area contributed by atoms with Crippen molar-refractivity contribution in [1.82, 2.24) is 0 Å². The third-order valence-electron chi connectivity index (χ3n) is 2.17. The first kappa shape index (κ1) is 12.0. The molecule has 84 valence electrons. The Morgan fingerprint density at radius 1 is 1.40 bits per heavy atom. The molecule has 0 aliphatic carbocycles. The molecule has 0 heterocycles. The highest BCUT2D eigenvalue weighted by atomic mass is 19.1. The number of hydrogen-bond donors (Lipinski definition) is 1. The van der Waals surface area contributed by atoms with Crippen LogP contribution in [0.4, 0.5) is 4.39 Å². The van der Waals surface area contributed by atoms with Gasteiger partial charge in [-0.15, -0.1) is 0 Å². The van der Waals surface area contributed by atoms with Crippen molar-refractivity contribution in [3.63, 3.8) is 0 Å². The molecule has 15 heavy (non-hydrogen) atoms. The van der Waals surface area contributed by atoms with E-state index in [1.165, 1.54) is 12.1 Å². The van der Waals surface area contributed by atoms with E-state index in [1.807, 2.05) is 20.8 Å². The molecule has 0 amide bonds. The van der Waals surface area contributed by atoms with Crippen LogP contribution >= 0.6 is 0 Å². The molecule has 0 aliphatic rings. The van der Waals surface area contributed by atoms with E-state index >= 15 is 0 Å². The number of ether oxygens (including phenoxy) is 1. The zero-order chi connectivity index (χ0) is 11.6. The van der Waals surface area contributed by atoms with Crippen molar-refractivity contribution in [1.29, 1.82) is 0 Å². The summed E-state index contributed by atoms with van der Waals surface area (Å²) in [6.45, 7) is 5.65. The highest BCUT2D eigenvalue weighted by Gasteiger charge is 2.17. The van der Waals surface area contributed by atoms with Gasteiger partial charge in [-0.3, -0.25) is 0 Å². The topological polar surface area (TPSA) is 35.2 Å². The second kappa shape index (κ2) is 4.19. The Hall–Kier alpha value is -1.09. The summed E-state index contributed by atoms with van der Waals surface area (Å²) in [6.07, 6.45) is 0.592. The molecule has 0 spiro atoms. The largest absolute Gasteiger partial charge is 0.496 e. The lowest BCUT2D eigenvalue weighted by atomic mass is 9.94. The fourth-order valence-corrected chi connectivity index (χ4v) is 1.71. The van der Waals surface area contributed by atoms with Gasteiger partial charge in [0.2, 0.25) is 0 Å². The molecule has 0 saturated heterocycles. The van der Waals surface area contributed by atoms with Gasteiger partial charge in [0, 0.05) is 5.54 Å². The summed E-state index contributed by atoms with van der Waals surface area (Å²) < 4.78 is 18.5. The van der Waals surface area contributed by atoms with Crippen LogP contribution in [0.25, 0.3) is 0 Å². The van der Waals surface area contributed by atoms with E-state index in [4.69, 9.17) is 10.5 Å². The van der Waals surface area contributed by atoms with E-state index < -0.39 is 0 Å². The summed E-state index contributed by atoms with van der Waals surface area (Å²) in [4.78, 5) is 0. The third kappa shape index (κ3) is 3.20. The second-order valence-corrected chi connectivity index (χ2v) is 4.58. The van der Waals surface area contributed by atoms with Gasteiger partial charge < -0.3 is 10.5 Å². The Morgan fingerprint density at radius 3 is 2.47 bits per heavy atom. The maximum absolute atomic E-state index is 13.2. The van der Waals surface area contributed by atoms with Gasteiger partial charge in [0.1, 0.15) is 11.6 Å². The average molecular weight is 211 g/mol. The fraction of sp³-hybridized carbons (Fsp3) is 0.500. The first-order valence-electron chi connectivity index (χ1n) is 4.95. The molecule has 2 nitrogen and oxygen atoms in total. The van der Waals surface area contributed by atoms with Crippen LogP contribution in [0, 0.1) is 12.7 Å². The van der Waals surface area contributed by atoms with Crippen LogP contribution in [0.1, 0.15) is 25.0 Å². The maximum Gasteiger partial charge on any atom is 0.125 e. The van der Waals surface area contributed by atoms with Gasteiger partial charge in [0.05, 0.1) is 7.11 Å². The van der Waals surface area contributed by atoms with Crippen molar-refractivity contribution in [3.05, 3.63) is 29.1 Å². The SMILES string of the molecule is COc1c(C)cc(F)cc1CC(C)(C)N. The first-order chi connectivity index (χ1) is 6.83. The Balaban J connectivity index is 3.15. The van der Waals surface area contributed by atoms with Crippen molar-refractivity contribution < 1.29 is 9.13 Å². The van der Waals surface area contributed by atoms with E-state index in [-0.39, 0.29) is 11.4 Å². The number of benzene rings is 1. The average Bonchev–Trinajstić information content (AvgIpc) is 1.99. The summed E-state index contributed by atoms with van der Waals surface area (Å²) >= 11 is 0. The first-order valence-corrected chi connectivity index (χ1v) is 4.95. The van der Waals surface area contributed by atoms with Crippen LogP contribution in [0.2, 0.25) is 0 Å². The molecule has 0 aliphatic heterocycles. The maximum atomic E-state index is 13.2. The normalized spacial score (nSPS) is 11.6. The molecular weight excluding hydrogens is 193 g/mol. The third-order valence-corrected chi connectivity index (χ3v) is 2.17. The molecule has 0 bridgehead atoms. The predicted molar refractivity (Wildman–Crippen MR) is 59.7 cm³/mol. The van der Waals surface area contributed by atoms with E-state index in [2.05, 4.69) is 0 Å². The predicted octanol–water partition coefficient (Wildman–Crippen LogP) is 2.42. The lowest BCUT2D eigenvalue weighted by Crippen LogP contribution is -2.34. The number of aryl methyl sites for hydroxylation is 1. The summed E-state index contributed by atoms with van der Waals surface area (Å²) in [5, 5.41) is 0. The standard InChI is InChI=1S/C12H18FNO/c1-8-5-10(13)6-9(11(8)15-4)7-12(2,3)14/h5-6H,7,14H2,1-4H3. The Bertz CT molecular complexity index is 355. The molecule has 3 heteroatoms. The minimum Gasteiger partial charge on any atom is -0.496 e. The van der Waals surface area contributed by atoms with Crippen LogP contribution < -0.4 is 10.5 Å². The van der Waals surface area contributed by atoms with Gasteiger partial charge in [0.15, 0.2) is 0 Å². The molecule has 0 unspecified atom stereocenters. The highest BCUT2D eigenvalue weighted by molar-refractivity contribution is 5.42. The summed E-state index contributed by atoms with van der Waals surface area (Å²) in [7, 11) is 1.59. The van der Waals surface area contributed by atoms with E-state index in [9.17, 15) is 4.39 Å². The second-order valence-electron chi connectivity index (χ2n) is 4.58. The fourth-order valence-electron chi connectivity index (χ4n) is 1.71. The highest BCUT2D eigenvalue weighted by Crippen LogP contribution is 2.27. The van der Waals surface area contributed by atoms with Gasteiger partial charge in [-0.05, 0) is 50.5 Å². The van der Waals surface area contributed by atoms with Crippen molar-refractivity contribution in [2.45, 2.75) is 32.7 Å². The lowest BCUT2D eigenvalue weighted by Gasteiger charge is -2.21. The van der Waals surface area contributed by atoms with E-state index in [1.54, 1.807) is 7.11 Å². The van der Waals surface area contributed by atoms with Crippen molar-refractivity contribution >= 4 is 0 Å². The minimum absolute atomic E-state index is 0.243. The molecule has 0 saturated carbocycles. The number of methoxy groups -OCH3 is 1. The van der Waals surface area contributed by atoms with Gasteiger partial charge in [-0.1, -0.05) is 0 Å². The zero-order valence-corrected chi connectivity index (χ0v) is 9.73. The number of nitrogens with two attached hydrogens (primary N) is 1. The van der Waals surface area contributed by atoms with Crippen molar-refractivity contribution in [2.75, 3.05) is 7.11 Å². The number of halogens is 1. The number of rotatable bonds is 3. The number of hydrogen-bond acceptors (Lipinski definition) is 2. The molecule has 0 aromatic heterocycles. The van der Waals surface area contributed by atoms with Crippen LogP contribution in [-0.4, -0.2) is 12.6 Å². The molecule has 0 radical (unpaired) electrons. The molecule has 1 aromatic carbocycles. The lowest BCUT2D eigenvalue weighted by molar-refractivity contribution is 0.397. The smallest absolute Gasteiger partial charge is 0.125 e. The zero-order valence-electron chi connectivity index (χ0n) is 9.73. The Morgan fingerprint density at radius 2 is 2.00 bits per heavy atom. The molecule has 0 fully saturated rings. The molecule has 1 aromatic rings. The van der Waals surface area contributed by atoms with Crippen LogP contribution in [0.3, 0.4) is 0 Å². The molecule has 2 N–H and O–H groups in total. The van der Waals surface area contributed by atoms with Gasteiger partial charge in [0.25, 0.3) is 0 Å². The van der Waals surface area contributed by atoms with Gasteiger partial charge >= 0.3 is 0 Å². The Labute approximate surface area is 90.2 Å². The van der Waals surface area contributed by atoms with E-state index in [0.29, 0.717) is 6.42 Å². The Kier molecular flexibility index (Phi) is 3.35. The summed E-state index contributed by atoms with van der Waals surface area (Å²) in [6, 6.07) is 2.95. The van der Waals surface area contributed by atoms with Gasteiger partial charge in [-0.25, -0.2) is 4.39 Å². The quantitative estimate of drug-likeness (QED) is 0.833. The molecule has 1 rings (SSSR count). The monoisotopic (exact) mass is 211 g/mol. The van der Waals surface area contributed by atoms with Crippen LogP contribution in [0.15, 0.2) is 12.1 Å². The van der Waals surface area contributed by atoms with Crippen LogP contribution in [0.5, 0.6) is 5.75 Å². The van der Waals surface area contributed by atoms with Crippen molar-refractivity contribution in [3.8, 4) is 5.75 Å². The van der Waals surface area contributed by atoms with E-state index in [0.717, 1.165) is 16.9 Å². The van der Waals surface area contributed by atoms with Gasteiger partial charge in [-0.2, -0.15) is 0 Å². The molecule has 0 atom stereocenters. The summed E-state index contributed by atoms with van der Waals surface area (Å²) in [5.41, 5.74) is 7.17.